The number of rotatable bonds is 8. The van der Waals surface area contributed by atoms with Crippen molar-refractivity contribution in [1.29, 1.82) is 0 Å². The van der Waals surface area contributed by atoms with E-state index >= 15 is 0 Å². The molecule has 5 heteroatoms. The summed E-state index contributed by atoms with van der Waals surface area (Å²) in [6, 6.07) is 2.35. The Hall–Kier alpha value is -1.36. The molecule has 118 valence electrons. The first-order valence-electron chi connectivity index (χ1n) is 8.06. The monoisotopic (exact) mass is 292 g/mol. The molecule has 1 aliphatic carbocycles. The van der Waals surface area contributed by atoms with E-state index in [4.69, 9.17) is 5.73 Å². The van der Waals surface area contributed by atoms with Crippen LogP contribution in [0.25, 0.3) is 0 Å². The molecule has 0 radical (unpaired) electrons. The van der Waals surface area contributed by atoms with Gasteiger partial charge in [-0.15, -0.1) is 0 Å². The molecule has 1 aromatic heterocycles. The molecule has 1 amide bonds. The van der Waals surface area contributed by atoms with Gasteiger partial charge in [0, 0.05) is 11.7 Å². The van der Waals surface area contributed by atoms with Crippen LogP contribution in [0.1, 0.15) is 51.9 Å². The van der Waals surface area contributed by atoms with Crippen LogP contribution in [0.5, 0.6) is 0 Å². The first-order valence-corrected chi connectivity index (χ1v) is 8.06. The van der Waals surface area contributed by atoms with Gasteiger partial charge < -0.3 is 5.73 Å². The van der Waals surface area contributed by atoms with Crippen molar-refractivity contribution in [3.8, 4) is 0 Å². The number of primary amides is 1. The van der Waals surface area contributed by atoms with E-state index in [0.29, 0.717) is 12.5 Å². The summed E-state index contributed by atoms with van der Waals surface area (Å²) < 4.78 is 1.98. The third kappa shape index (κ3) is 3.28. The number of hydrogen-bond donors (Lipinski definition) is 2. The minimum absolute atomic E-state index is 0.212. The van der Waals surface area contributed by atoms with Crippen LogP contribution in [0, 0.1) is 5.92 Å². The van der Waals surface area contributed by atoms with E-state index in [2.05, 4.69) is 44.2 Å². The topological polar surface area (TPSA) is 72.9 Å². The van der Waals surface area contributed by atoms with E-state index < -0.39 is 5.54 Å². The number of aromatic nitrogens is 2. The molecule has 21 heavy (non-hydrogen) atoms. The van der Waals surface area contributed by atoms with Crippen molar-refractivity contribution in [2.24, 2.45) is 11.7 Å². The molecule has 3 N–H and O–H groups in total. The minimum atomic E-state index is -0.672. The van der Waals surface area contributed by atoms with E-state index in [1.807, 2.05) is 4.68 Å². The fraction of sp³-hybridized carbons (Fsp3) is 0.750. The molecule has 0 aromatic carbocycles. The van der Waals surface area contributed by atoms with Gasteiger partial charge in [0.1, 0.15) is 5.54 Å². The molecule has 2 rings (SSSR count). The summed E-state index contributed by atoms with van der Waals surface area (Å²) in [5, 5.41) is 8.10. The van der Waals surface area contributed by atoms with Gasteiger partial charge in [-0.3, -0.25) is 14.8 Å². The average molecular weight is 292 g/mol. The van der Waals surface area contributed by atoms with Crippen molar-refractivity contribution in [2.45, 2.75) is 71.5 Å². The molecule has 1 atom stereocenters. The zero-order valence-corrected chi connectivity index (χ0v) is 13.6. The lowest BCUT2D eigenvalue weighted by Crippen LogP contribution is -2.62. The van der Waals surface area contributed by atoms with Gasteiger partial charge in [0.25, 0.3) is 0 Å². The Kier molecular flexibility index (Phi) is 4.71. The zero-order valence-electron chi connectivity index (χ0n) is 13.6. The summed E-state index contributed by atoms with van der Waals surface area (Å²) >= 11 is 0. The van der Waals surface area contributed by atoms with Crippen LogP contribution in [-0.4, -0.2) is 27.3 Å². The lowest BCUT2D eigenvalue weighted by Gasteiger charge is -2.34. The van der Waals surface area contributed by atoms with Crippen LogP contribution in [0.3, 0.4) is 0 Å². The van der Waals surface area contributed by atoms with Gasteiger partial charge in [-0.25, -0.2) is 0 Å². The number of carbonyl (C=O) groups excluding carboxylic acids is 1. The molecule has 1 unspecified atom stereocenters. The van der Waals surface area contributed by atoms with Gasteiger partial charge in [0.2, 0.25) is 5.91 Å². The summed E-state index contributed by atoms with van der Waals surface area (Å²) in [5.41, 5.74) is 7.37. The van der Waals surface area contributed by atoms with Crippen molar-refractivity contribution in [2.75, 3.05) is 0 Å². The highest BCUT2D eigenvalue weighted by Gasteiger charge is 2.50. The Morgan fingerprint density at radius 3 is 2.57 bits per heavy atom. The van der Waals surface area contributed by atoms with Gasteiger partial charge in [-0.1, -0.05) is 13.8 Å². The van der Waals surface area contributed by atoms with Gasteiger partial charge in [-0.2, -0.15) is 5.10 Å². The lowest BCUT2D eigenvalue weighted by atomic mass is 9.91. The number of nitrogens with one attached hydrogen (secondary N) is 1. The SMILES string of the molecule is CCc1cc(CC)n(CC(NC(C)C)(C(N)=O)C2CC2)n1. The molecule has 1 saturated carbocycles. The highest BCUT2D eigenvalue weighted by Crippen LogP contribution is 2.41. The molecular weight excluding hydrogens is 264 g/mol. The molecule has 1 aliphatic rings. The maximum Gasteiger partial charge on any atom is 0.239 e. The Balaban J connectivity index is 2.34. The molecule has 5 nitrogen and oxygen atoms in total. The first kappa shape index (κ1) is 16.0. The smallest absolute Gasteiger partial charge is 0.239 e. The van der Waals surface area contributed by atoms with Crippen molar-refractivity contribution in [1.82, 2.24) is 15.1 Å². The van der Waals surface area contributed by atoms with Gasteiger partial charge >= 0.3 is 0 Å². The van der Waals surface area contributed by atoms with Gasteiger partial charge in [0.15, 0.2) is 0 Å². The fourth-order valence-corrected chi connectivity index (χ4v) is 3.08. The average Bonchev–Trinajstić information content (AvgIpc) is 3.19. The van der Waals surface area contributed by atoms with Crippen LogP contribution in [0.15, 0.2) is 6.07 Å². The van der Waals surface area contributed by atoms with Crippen LogP contribution in [-0.2, 0) is 24.2 Å². The molecule has 1 heterocycles. The van der Waals surface area contributed by atoms with Gasteiger partial charge in [0.05, 0.1) is 12.2 Å². The third-order valence-corrected chi connectivity index (χ3v) is 4.30. The number of nitrogens with two attached hydrogens (primary N) is 1. The zero-order chi connectivity index (χ0) is 15.6. The van der Waals surface area contributed by atoms with Crippen LogP contribution < -0.4 is 11.1 Å². The minimum Gasteiger partial charge on any atom is -0.368 e. The Bertz CT molecular complexity index is 504. The summed E-state index contributed by atoms with van der Waals surface area (Å²) in [4.78, 5) is 12.2. The Labute approximate surface area is 127 Å². The van der Waals surface area contributed by atoms with E-state index in [9.17, 15) is 4.79 Å². The molecule has 0 aliphatic heterocycles. The van der Waals surface area contributed by atoms with E-state index in [1.165, 1.54) is 5.69 Å². The Morgan fingerprint density at radius 1 is 1.48 bits per heavy atom. The molecule has 0 bridgehead atoms. The Morgan fingerprint density at radius 2 is 2.14 bits per heavy atom. The second-order valence-electron chi connectivity index (χ2n) is 6.40. The molecule has 1 fully saturated rings. The standard InChI is InChI=1S/C16H28N4O/c1-5-13-9-14(6-2)20(19-13)10-16(15(17)21,12-7-8-12)18-11(3)4/h9,11-12,18H,5-8,10H2,1-4H3,(H2,17,21). The second kappa shape index (κ2) is 6.18. The number of nitrogens with zero attached hydrogens (tertiary/aromatic N) is 2. The van der Waals surface area contributed by atoms with Crippen molar-refractivity contribution >= 4 is 5.91 Å². The van der Waals surface area contributed by atoms with E-state index in [0.717, 1.165) is 31.4 Å². The lowest BCUT2D eigenvalue weighted by molar-refractivity contribution is -0.126. The maximum absolute atomic E-state index is 12.2. The molecule has 1 aromatic rings. The maximum atomic E-state index is 12.2. The summed E-state index contributed by atoms with van der Waals surface area (Å²) in [6.45, 7) is 8.86. The normalized spacial score (nSPS) is 18.0. The first-order chi connectivity index (χ1) is 9.92. The van der Waals surface area contributed by atoms with Gasteiger partial charge in [-0.05, 0) is 51.5 Å². The number of amides is 1. The second-order valence-corrected chi connectivity index (χ2v) is 6.40. The van der Waals surface area contributed by atoms with Crippen molar-refractivity contribution in [3.05, 3.63) is 17.5 Å². The van der Waals surface area contributed by atoms with Crippen LogP contribution >= 0.6 is 0 Å². The van der Waals surface area contributed by atoms with E-state index in [-0.39, 0.29) is 11.9 Å². The fourth-order valence-electron chi connectivity index (χ4n) is 3.08. The summed E-state index contributed by atoms with van der Waals surface area (Å²) in [6.07, 6.45) is 3.94. The molecule has 0 spiro atoms. The van der Waals surface area contributed by atoms with Crippen molar-refractivity contribution in [3.63, 3.8) is 0 Å². The predicted molar refractivity (Wildman–Crippen MR) is 83.9 cm³/mol. The number of carbonyl (C=O) groups is 1. The highest BCUT2D eigenvalue weighted by atomic mass is 16.1. The number of hydrogen-bond acceptors (Lipinski definition) is 3. The molecular formula is C16H28N4O. The quantitative estimate of drug-likeness (QED) is 0.765. The van der Waals surface area contributed by atoms with E-state index in [1.54, 1.807) is 0 Å². The van der Waals surface area contributed by atoms with Crippen LogP contribution in [0.4, 0.5) is 0 Å². The summed E-state index contributed by atoms with van der Waals surface area (Å²) in [5.74, 6) is 0.0747. The van der Waals surface area contributed by atoms with Crippen molar-refractivity contribution < 1.29 is 4.79 Å². The molecule has 0 saturated heterocycles. The third-order valence-electron chi connectivity index (χ3n) is 4.30. The largest absolute Gasteiger partial charge is 0.368 e. The highest BCUT2D eigenvalue weighted by molar-refractivity contribution is 5.85. The van der Waals surface area contributed by atoms with Crippen LogP contribution in [0.2, 0.25) is 0 Å². The summed E-state index contributed by atoms with van der Waals surface area (Å²) in [7, 11) is 0. The number of aryl methyl sites for hydroxylation is 2. The predicted octanol–water partition coefficient (Wildman–Crippen LogP) is 1.64.